The van der Waals surface area contributed by atoms with Crippen molar-refractivity contribution in [3.63, 3.8) is 0 Å². The van der Waals surface area contributed by atoms with Crippen LogP contribution in [0.5, 0.6) is 0 Å². The number of anilines is 1. The number of piperidine rings is 1. The van der Waals surface area contributed by atoms with Crippen molar-refractivity contribution >= 4 is 22.9 Å². The van der Waals surface area contributed by atoms with Gasteiger partial charge in [-0.15, -0.1) is 0 Å². The van der Waals surface area contributed by atoms with E-state index in [4.69, 9.17) is 14.7 Å². The van der Waals surface area contributed by atoms with Gasteiger partial charge in [0, 0.05) is 62.1 Å². The van der Waals surface area contributed by atoms with Gasteiger partial charge in [0.2, 0.25) is 11.9 Å². The van der Waals surface area contributed by atoms with Crippen LogP contribution in [0.15, 0.2) is 12.4 Å². The van der Waals surface area contributed by atoms with Gasteiger partial charge in [0.1, 0.15) is 5.65 Å². The smallest absolute Gasteiger partial charge is 0.225 e. The normalized spacial score (nSPS) is 30.0. The van der Waals surface area contributed by atoms with Crippen molar-refractivity contribution < 1.29 is 14.6 Å². The lowest BCUT2D eigenvalue weighted by Gasteiger charge is -2.35. The Morgan fingerprint density at radius 2 is 1.86 bits per heavy atom. The van der Waals surface area contributed by atoms with E-state index in [1.807, 2.05) is 6.20 Å². The third kappa shape index (κ3) is 4.86. The highest BCUT2D eigenvalue weighted by molar-refractivity contribution is 5.82. The number of hydrogen-bond acceptors (Lipinski definition) is 6. The number of carbonyl (C=O) groups is 1. The monoisotopic (exact) mass is 495 g/mol. The van der Waals surface area contributed by atoms with E-state index in [2.05, 4.69) is 27.9 Å². The SMILES string of the molecule is CC[C@H]1C[C@@H]1Nc1ncc2c(C3CCN(C(=O)C4CCOCC4)CC3)cn(C3CCC(O)CC3)c2n1. The molecule has 0 aromatic carbocycles. The number of fused-ring (bicyclic) bond motifs is 1. The first-order chi connectivity index (χ1) is 17.6. The molecular weight excluding hydrogens is 454 g/mol. The van der Waals surface area contributed by atoms with E-state index in [0.29, 0.717) is 37.1 Å². The van der Waals surface area contributed by atoms with Crippen LogP contribution in [0.4, 0.5) is 5.95 Å². The lowest BCUT2D eigenvalue weighted by atomic mass is 9.88. The third-order valence-electron chi connectivity index (χ3n) is 9.24. The van der Waals surface area contributed by atoms with Gasteiger partial charge in [0.15, 0.2) is 0 Å². The summed E-state index contributed by atoms with van der Waals surface area (Å²) in [5.41, 5.74) is 2.36. The average Bonchev–Trinajstić information content (AvgIpc) is 3.58. The van der Waals surface area contributed by atoms with Crippen LogP contribution in [-0.2, 0) is 9.53 Å². The highest BCUT2D eigenvalue weighted by Gasteiger charge is 2.36. The van der Waals surface area contributed by atoms with E-state index in [-0.39, 0.29) is 12.0 Å². The number of aliphatic hydroxyl groups excluding tert-OH is 1. The van der Waals surface area contributed by atoms with Crippen LogP contribution in [-0.4, -0.2) is 68.9 Å². The van der Waals surface area contributed by atoms with Crippen LogP contribution < -0.4 is 5.32 Å². The van der Waals surface area contributed by atoms with E-state index in [1.54, 1.807) is 0 Å². The molecule has 2 N–H and O–H groups in total. The van der Waals surface area contributed by atoms with Gasteiger partial charge in [0.05, 0.1) is 6.10 Å². The van der Waals surface area contributed by atoms with Crippen molar-refractivity contribution in [3.8, 4) is 0 Å². The van der Waals surface area contributed by atoms with Crippen molar-refractivity contribution in [1.29, 1.82) is 0 Å². The largest absolute Gasteiger partial charge is 0.393 e. The second-order valence-electron chi connectivity index (χ2n) is 11.5. The number of nitrogens with one attached hydrogen (secondary N) is 1. The number of carbonyl (C=O) groups excluding carboxylic acids is 1. The predicted molar refractivity (Wildman–Crippen MR) is 139 cm³/mol. The molecule has 2 aromatic heterocycles. The first kappa shape index (κ1) is 24.2. The maximum absolute atomic E-state index is 13.0. The van der Waals surface area contributed by atoms with Crippen LogP contribution in [0.1, 0.15) is 88.7 Å². The zero-order valence-electron chi connectivity index (χ0n) is 21.6. The van der Waals surface area contributed by atoms with E-state index in [9.17, 15) is 9.90 Å². The third-order valence-corrected chi connectivity index (χ3v) is 9.24. The second-order valence-corrected chi connectivity index (χ2v) is 11.5. The lowest BCUT2D eigenvalue weighted by Crippen LogP contribution is -2.42. The molecule has 4 heterocycles. The molecule has 2 aliphatic carbocycles. The van der Waals surface area contributed by atoms with Gasteiger partial charge < -0.3 is 24.6 Å². The molecule has 6 rings (SSSR count). The fraction of sp³-hybridized carbons (Fsp3) is 0.750. The van der Waals surface area contributed by atoms with Crippen LogP contribution in [0.25, 0.3) is 11.0 Å². The molecule has 0 radical (unpaired) electrons. The predicted octanol–water partition coefficient (Wildman–Crippen LogP) is 4.25. The summed E-state index contributed by atoms with van der Waals surface area (Å²) in [4.78, 5) is 24.9. The number of aromatic nitrogens is 3. The molecule has 1 amide bonds. The minimum atomic E-state index is -0.173. The van der Waals surface area contributed by atoms with E-state index in [1.165, 1.54) is 18.4 Å². The van der Waals surface area contributed by atoms with E-state index in [0.717, 1.165) is 87.4 Å². The van der Waals surface area contributed by atoms with Crippen LogP contribution in [0.3, 0.4) is 0 Å². The number of rotatable bonds is 6. The molecule has 2 saturated carbocycles. The van der Waals surface area contributed by atoms with Crippen molar-refractivity contribution in [3.05, 3.63) is 18.0 Å². The molecule has 0 bridgehead atoms. The number of hydrogen-bond donors (Lipinski definition) is 2. The minimum absolute atomic E-state index is 0.136. The Kier molecular flexibility index (Phi) is 6.90. The summed E-state index contributed by atoms with van der Waals surface area (Å²) >= 11 is 0. The fourth-order valence-corrected chi connectivity index (χ4v) is 6.72. The summed E-state index contributed by atoms with van der Waals surface area (Å²) in [6.07, 6.45) is 13.9. The number of amides is 1. The highest BCUT2D eigenvalue weighted by atomic mass is 16.5. The Morgan fingerprint density at radius 1 is 1.11 bits per heavy atom. The molecule has 0 unspecified atom stereocenters. The zero-order valence-corrected chi connectivity index (χ0v) is 21.6. The van der Waals surface area contributed by atoms with E-state index >= 15 is 0 Å². The Hall–Kier alpha value is -2.19. The Balaban J connectivity index is 1.22. The van der Waals surface area contributed by atoms with Gasteiger partial charge in [0.25, 0.3) is 0 Å². The van der Waals surface area contributed by atoms with Crippen molar-refractivity contribution in [2.75, 3.05) is 31.6 Å². The molecule has 2 aliphatic heterocycles. The van der Waals surface area contributed by atoms with Crippen molar-refractivity contribution in [1.82, 2.24) is 19.4 Å². The maximum atomic E-state index is 13.0. The first-order valence-corrected chi connectivity index (χ1v) is 14.3. The van der Waals surface area contributed by atoms with E-state index < -0.39 is 0 Å². The molecule has 2 saturated heterocycles. The second kappa shape index (κ2) is 10.3. The number of aliphatic hydroxyl groups is 1. The van der Waals surface area contributed by atoms with Gasteiger partial charge in [-0.3, -0.25) is 4.79 Å². The highest BCUT2D eigenvalue weighted by Crippen LogP contribution is 2.40. The summed E-state index contributed by atoms with van der Waals surface area (Å²) < 4.78 is 7.83. The topological polar surface area (TPSA) is 92.5 Å². The quantitative estimate of drug-likeness (QED) is 0.622. The molecule has 4 fully saturated rings. The molecular formula is C28H41N5O3. The van der Waals surface area contributed by atoms with Crippen molar-refractivity contribution in [2.24, 2.45) is 11.8 Å². The number of likely N-dealkylation sites (tertiary alicyclic amines) is 1. The average molecular weight is 496 g/mol. The molecule has 2 atom stereocenters. The zero-order chi connectivity index (χ0) is 24.6. The number of ether oxygens (including phenoxy) is 1. The van der Waals surface area contributed by atoms with Crippen LogP contribution >= 0.6 is 0 Å². The molecule has 196 valence electrons. The van der Waals surface area contributed by atoms with Crippen LogP contribution in [0, 0.1) is 11.8 Å². The van der Waals surface area contributed by atoms with Crippen LogP contribution in [0.2, 0.25) is 0 Å². The lowest BCUT2D eigenvalue weighted by molar-refractivity contribution is -0.139. The molecule has 36 heavy (non-hydrogen) atoms. The summed E-state index contributed by atoms with van der Waals surface area (Å²) in [5, 5.41) is 14.8. The summed E-state index contributed by atoms with van der Waals surface area (Å²) in [6, 6.07) is 0.865. The summed E-state index contributed by atoms with van der Waals surface area (Å²) in [6.45, 7) is 5.31. The first-order valence-electron chi connectivity index (χ1n) is 14.3. The van der Waals surface area contributed by atoms with Gasteiger partial charge in [-0.25, -0.2) is 4.98 Å². The summed E-state index contributed by atoms with van der Waals surface area (Å²) in [5.74, 6) is 2.35. The Morgan fingerprint density at radius 3 is 2.56 bits per heavy atom. The minimum Gasteiger partial charge on any atom is -0.393 e. The van der Waals surface area contributed by atoms with Gasteiger partial charge in [-0.1, -0.05) is 13.3 Å². The summed E-state index contributed by atoms with van der Waals surface area (Å²) in [7, 11) is 0. The Labute approximate surface area is 213 Å². The molecule has 2 aromatic rings. The Bertz CT molecular complexity index is 1060. The van der Waals surface area contributed by atoms with Gasteiger partial charge in [-0.05, 0) is 75.2 Å². The molecule has 0 spiro atoms. The molecule has 8 heteroatoms. The molecule has 8 nitrogen and oxygen atoms in total. The fourth-order valence-electron chi connectivity index (χ4n) is 6.72. The molecule has 4 aliphatic rings. The van der Waals surface area contributed by atoms with Gasteiger partial charge in [-0.2, -0.15) is 4.98 Å². The van der Waals surface area contributed by atoms with Gasteiger partial charge >= 0.3 is 0 Å². The van der Waals surface area contributed by atoms with Crippen molar-refractivity contribution in [2.45, 2.75) is 95.2 Å². The maximum Gasteiger partial charge on any atom is 0.225 e. The standard InChI is InChI=1S/C28H41N5O3/c1-2-18-15-25(18)30-28-29-16-23-24(17-33(26(23)31-28)21-3-5-22(34)6-4-21)19-7-11-32(12-8-19)27(35)20-9-13-36-14-10-20/h16-22,25,34H,2-15H2,1H3,(H,29,30,31)/t18-,21?,22?,25-/m0/s1. The number of nitrogens with zero attached hydrogens (tertiary/aromatic N) is 4.